The predicted octanol–water partition coefficient (Wildman–Crippen LogP) is 1.91. The van der Waals surface area contributed by atoms with Crippen molar-refractivity contribution in [2.45, 2.75) is 6.61 Å². The lowest BCUT2D eigenvalue weighted by atomic mass is 10.5. The van der Waals surface area contributed by atoms with Crippen molar-refractivity contribution in [3.63, 3.8) is 0 Å². The Kier molecular flexibility index (Phi) is 4.19. The van der Waals surface area contributed by atoms with E-state index in [0.29, 0.717) is 19.8 Å². The first kappa shape index (κ1) is 8.71. The molecule has 0 saturated carbocycles. The van der Waals surface area contributed by atoms with Gasteiger partial charge in [-0.1, -0.05) is 6.07 Å². The van der Waals surface area contributed by atoms with Crippen molar-refractivity contribution in [2.75, 3.05) is 20.3 Å². The van der Waals surface area contributed by atoms with Gasteiger partial charge in [-0.25, -0.2) is 0 Å². The maximum absolute atomic E-state index is 5.30. The number of methoxy groups -OCH3 is 1. The fourth-order valence-electron chi connectivity index (χ4n) is 0.710. The lowest BCUT2D eigenvalue weighted by Gasteiger charge is -1.99. The average molecular weight is 172 g/mol. The highest BCUT2D eigenvalue weighted by atomic mass is 32.1. The number of thiophene rings is 1. The standard InChI is InChI=1S/C8H12O2S/c1-9-4-5-10-7-8-3-2-6-11-8/h2-3,6H,4-5,7H2,1H3. The van der Waals surface area contributed by atoms with Gasteiger partial charge in [0, 0.05) is 12.0 Å². The molecule has 0 fully saturated rings. The van der Waals surface area contributed by atoms with Gasteiger partial charge in [0.25, 0.3) is 0 Å². The quantitative estimate of drug-likeness (QED) is 0.632. The maximum atomic E-state index is 5.30. The molecule has 11 heavy (non-hydrogen) atoms. The summed E-state index contributed by atoms with van der Waals surface area (Å²) in [4.78, 5) is 1.26. The molecule has 1 aromatic heterocycles. The Labute approximate surface area is 70.8 Å². The molecule has 1 aromatic rings. The molecule has 2 nitrogen and oxygen atoms in total. The molecule has 0 aliphatic carbocycles. The predicted molar refractivity (Wildman–Crippen MR) is 45.9 cm³/mol. The van der Waals surface area contributed by atoms with Crippen molar-refractivity contribution < 1.29 is 9.47 Å². The van der Waals surface area contributed by atoms with E-state index in [-0.39, 0.29) is 0 Å². The topological polar surface area (TPSA) is 18.5 Å². The van der Waals surface area contributed by atoms with Crippen molar-refractivity contribution >= 4 is 11.3 Å². The van der Waals surface area contributed by atoms with Crippen LogP contribution in [0.1, 0.15) is 4.88 Å². The van der Waals surface area contributed by atoms with E-state index in [1.807, 2.05) is 6.07 Å². The number of rotatable bonds is 5. The highest BCUT2D eigenvalue weighted by Gasteiger charge is 1.91. The zero-order valence-corrected chi connectivity index (χ0v) is 7.39. The molecule has 62 valence electrons. The summed E-state index contributed by atoms with van der Waals surface area (Å²) in [6.45, 7) is 2.06. The van der Waals surface area contributed by atoms with Crippen LogP contribution in [0.2, 0.25) is 0 Å². The zero-order chi connectivity index (χ0) is 7.94. The van der Waals surface area contributed by atoms with Gasteiger partial charge in [0.1, 0.15) is 0 Å². The van der Waals surface area contributed by atoms with Crippen LogP contribution in [0.4, 0.5) is 0 Å². The highest BCUT2D eigenvalue weighted by Crippen LogP contribution is 2.08. The van der Waals surface area contributed by atoms with Gasteiger partial charge in [-0.3, -0.25) is 0 Å². The van der Waals surface area contributed by atoms with Crippen molar-refractivity contribution in [3.05, 3.63) is 22.4 Å². The van der Waals surface area contributed by atoms with Crippen LogP contribution >= 0.6 is 11.3 Å². The van der Waals surface area contributed by atoms with Crippen LogP contribution in [0, 0.1) is 0 Å². The van der Waals surface area contributed by atoms with Crippen molar-refractivity contribution in [1.82, 2.24) is 0 Å². The molecule has 0 atom stereocenters. The van der Waals surface area contributed by atoms with E-state index >= 15 is 0 Å². The second kappa shape index (κ2) is 5.29. The van der Waals surface area contributed by atoms with E-state index in [9.17, 15) is 0 Å². The summed E-state index contributed by atoms with van der Waals surface area (Å²) in [6, 6.07) is 4.09. The minimum absolute atomic E-state index is 0.672. The third-order valence-corrected chi connectivity index (χ3v) is 2.11. The van der Waals surface area contributed by atoms with Gasteiger partial charge in [0.05, 0.1) is 19.8 Å². The Morgan fingerprint density at radius 3 is 3.00 bits per heavy atom. The van der Waals surface area contributed by atoms with Crippen molar-refractivity contribution in [1.29, 1.82) is 0 Å². The summed E-state index contributed by atoms with van der Waals surface area (Å²) >= 11 is 1.72. The summed E-state index contributed by atoms with van der Waals surface area (Å²) in [5.41, 5.74) is 0. The molecule has 1 rings (SSSR count). The van der Waals surface area contributed by atoms with Crippen LogP contribution in [-0.4, -0.2) is 20.3 Å². The van der Waals surface area contributed by atoms with Crippen LogP contribution in [-0.2, 0) is 16.1 Å². The Hall–Kier alpha value is -0.380. The fourth-order valence-corrected chi connectivity index (χ4v) is 1.35. The largest absolute Gasteiger partial charge is 0.382 e. The normalized spacial score (nSPS) is 10.3. The van der Waals surface area contributed by atoms with Crippen molar-refractivity contribution in [2.24, 2.45) is 0 Å². The summed E-state index contributed by atoms with van der Waals surface area (Å²) < 4.78 is 10.1. The third-order valence-electron chi connectivity index (χ3n) is 1.26. The average Bonchev–Trinajstić information content (AvgIpc) is 2.50. The second-order valence-corrected chi connectivity index (χ2v) is 3.16. The summed E-state index contributed by atoms with van der Waals surface area (Å²) in [6.07, 6.45) is 0. The van der Waals surface area contributed by atoms with Gasteiger partial charge in [-0.05, 0) is 11.4 Å². The van der Waals surface area contributed by atoms with Gasteiger partial charge in [0.2, 0.25) is 0 Å². The molecular weight excluding hydrogens is 160 g/mol. The summed E-state index contributed by atoms with van der Waals surface area (Å²) in [7, 11) is 1.68. The molecule has 0 spiro atoms. The molecule has 0 aliphatic rings. The lowest BCUT2D eigenvalue weighted by molar-refractivity contribution is 0.0628. The Morgan fingerprint density at radius 2 is 2.36 bits per heavy atom. The first-order chi connectivity index (χ1) is 5.43. The first-order valence-electron chi connectivity index (χ1n) is 3.52. The highest BCUT2D eigenvalue weighted by molar-refractivity contribution is 7.09. The molecule has 0 amide bonds. The van der Waals surface area contributed by atoms with E-state index in [2.05, 4.69) is 11.4 Å². The lowest BCUT2D eigenvalue weighted by Crippen LogP contribution is -2.00. The van der Waals surface area contributed by atoms with E-state index in [1.165, 1.54) is 4.88 Å². The third kappa shape index (κ3) is 3.51. The van der Waals surface area contributed by atoms with Crippen LogP contribution in [0.5, 0.6) is 0 Å². The Morgan fingerprint density at radius 1 is 1.45 bits per heavy atom. The van der Waals surface area contributed by atoms with Crippen LogP contribution in [0.25, 0.3) is 0 Å². The van der Waals surface area contributed by atoms with E-state index in [4.69, 9.17) is 9.47 Å². The summed E-state index contributed by atoms with van der Waals surface area (Å²) in [5.74, 6) is 0. The van der Waals surface area contributed by atoms with E-state index < -0.39 is 0 Å². The van der Waals surface area contributed by atoms with Gasteiger partial charge in [-0.2, -0.15) is 0 Å². The smallest absolute Gasteiger partial charge is 0.0810 e. The Bertz CT molecular complexity index is 172. The zero-order valence-electron chi connectivity index (χ0n) is 6.58. The molecule has 0 radical (unpaired) electrons. The Balaban J connectivity index is 2.04. The van der Waals surface area contributed by atoms with Gasteiger partial charge < -0.3 is 9.47 Å². The van der Waals surface area contributed by atoms with Gasteiger partial charge in [-0.15, -0.1) is 11.3 Å². The maximum Gasteiger partial charge on any atom is 0.0810 e. The second-order valence-electron chi connectivity index (χ2n) is 2.12. The summed E-state index contributed by atoms with van der Waals surface area (Å²) in [5, 5.41) is 2.05. The molecule has 0 unspecified atom stereocenters. The minimum Gasteiger partial charge on any atom is -0.382 e. The molecule has 0 aliphatic heterocycles. The van der Waals surface area contributed by atoms with Gasteiger partial charge in [0.15, 0.2) is 0 Å². The molecule has 0 N–H and O–H groups in total. The molecular formula is C8H12O2S. The molecule has 0 saturated heterocycles. The number of hydrogen-bond acceptors (Lipinski definition) is 3. The number of hydrogen-bond donors (Lipinski definition) is 0. The van der Waals surface area contributed by atoms with Crippen LogP contribution in [0.3, 0.4) is 0 Å². The molecule has 0 bridgehead atoms. The monoisotopic (exact) mass is 172 g/mol. The fraction of sp³-hybridized carbons (Fsp3) is 0.500. The molecule has 3 heteroatoms. The van der Waals surface area contributed by atoms with Crippen molar-refractivity contribution in [3.8, 4) is 0 Å². The van der Waals surface area contributed by atoms with Crippen LogP contribution in [0.15, 0.2) is 17.5 Å². The number of ether oxygens (including phenoxy) is 2. The minimum atomic E-state index is 0.672. The van der Waals surface area contributed by atoms with E-state index in [1.54, 1.807) is 18.4 Å². The molecule has 0 aromatic carbocycles. The van der Waals surface area contributed by atoms with Crippen LogP contribution < -0.4 is 0 Å². The van der Waals surface area contributed by atoms with Gasteiger partial charge >= 0.3 is 0 Å². The SMILES string of the molecule is COCCOCc1cccs1. The van der Waals surface area contributed by atoms with E-state index in [0.717, 1.165) is 0 Å². The molecule has 1 heterocycles. The first-order valence-corrected chi connectivity index (χ1v) is 4.40.